The highest BCUT2D eigenvalue weighted by molar-refractivity contribution is 6.30. The molecule has 1 aromatic carbocycles. The van der Waals surface area contributed by atoms with E-state index in [1.165, 1.54) is 30.7 Å². The highest BCUT2D eigenvalue weighted by Crippen LogP contribution is 2.47. The van der Waals surface area contributed by atoms with Gasteiger partial charge in [0.15, 0.2) is 13.2 Å². The molecule has 0 unspecified atom stereocenters. The molecule has 0 saturated heterocycles. The average molecular weight is 479 g/mol. The molecule has 1 heterocycles. The normalized spacial score (nSPS) is 25.8. The van der Waals surface area contributed by atoms with Crippen LogP contribution in [-0.2, 0) is 9.59 Å². The Bertz CT molecular complexity index is 1020. The van der Waals surface area contributed by atoms with E-state index in [1.54, 1.807) is 0 Å². The van der Waals surface area contributed by atoms with Crippen LogP contribution in [0.15, 0.2) is 36.8 Å². The van der Waals surface area contributed by atoms with Crippen LogP contribution in [0.1, 0.15) is 32.1 Å². The van der Waals surface area contributed by atoms with Crippen molar-refractivity contribution in [3.8, 4) is 11.6 Å². The zero-order chi connectivity index (χ0) is 23.5. The highest BCUT2D eigenvalue weighted by Gasteiger charge is 2.55. The van der Waals surface area contributed by atoms with E-state index in [4.69, 9.17) is 21.1 Å². The second-order valence-corrected chi connectivity index (χ2v) is 8.86. The van der Waals surface area contributed by atoms with Crippen molar-refractivity contribution in [3.63, 3.8) is 0 Å². The van der Waals surface area contributed by atoms with Crippen molar-refractivity contribution < 1.29 is 28.6 Å². The number of aliphatic hydroxyl groups is 1. The third-order valence-electron chi connectivity index (χ3n) is 6.27. The Kier molecular flexibility index (Phi) is 6.66. The summed E-state index contributed by atoms with van der Waals surface area (Å²) in [4.78, 5) is 32.7. The quantitative estimate of drug-likeness (QED) is 0.528. The second kappa shape index (κ2) is 9.48. The van der Waals surface area contributed by atoms with Crippen LogP contribution in [0.2, 0.25) is 5.02 Å². The number of carbonyl (C=O) groups is 2. The number of benzene rings is 1. The van der Waals surface area contributed by atoms with Gasteiger partial charge in [-0.15, -0.1) is 0 Å². The Morgan fingerprint density at radius 1 is 1.12 bits per heavy atom. The van der Waals surface area contributed by atoms with Crippen molar-refractivity contribution in [3.05, 3.63) is 47.6 Å². The Labute approximate surface area is 194 Å². The SMILES string of the molecule is O=C(COc1ccc(Cl)c(F)c1)NC12CCC(NC(=O)COc3cnccn3)(CC1)[C@@H](O)C2. The maximum absolute atomic E-state index is 13.5. The van der Waals surface area contributed by atoms with Gasteiger partial charge >= 0.3 is 0 Å². The summed E-state index contributed by atoms with van der Waals surface area (Å²) in [5.74, 6) is -0.919. The summed E-state index contributed by atoms with van der Waals surface area (Å²) in [6, 6.07) is 3.95. The maximum atomic E-state index is 13.5. The van der Waals surface area contributed by atoms with E-state index < -0.39 is 23.0 Å². The van der Waals surface area contributed by atoms with Crippen molar-refractivity contribution >= 4 is 23.4 Å². The lowest BCUT2D eigenvalue weighted by Gasteiger charge is -2.56. The molecular formula is C22H24ClFN4O5. The largest absolute Gasteiger partial charge is 0.484 e. The zero-order valence-electron chi connectivity index (χ0n) is 17.7. The van der Waals surface area contributed by atoms with Crippen LogP contribution in [0.3, 0.4) is 0 Å². The monoisotopic (exact) mass is 478 g/mol. The number of nitrogens with zero attached hydrogens (tertiary/aromatic N) is 2. The van der Waals surface area contributed by atoms with E-state index in [9.17, 15) is 19.1 Å². The number of halogens is 2. The van der Waals surface area contributed by atoms with Gasteiger partial charge in [0.05, 0.1) is 22.9 Å². The molecule has 5 rings (SSSR count). The minimum atomic E-state index is -0.827. The number of aromatic nitrogens is 2. The number of hydrogen-bond donors (Lipinski definition) is 3. The number of fused-ring (bicyclic) bond motifs is 3. The van der Waals surface area contributed by atoms with Gasteiger partial charge in [-0.05, 0) is 44.2 Å². The van der Waals surface area contributed by atoms with Gasteiger partial charge in [-0.2, -0.15) is 0 Å². The fourth-order valence-electron chi connectivity index (χ4n) is 4.52. The van der Waals surface area contributed by atoms with E-state index in [2.05, 4.69) is 20.6 Å². The van der Waals surface area contributed by atoms with Gasteiger partial charge in [0, 0.05) is 24.0 Å². The molecule has 0 radical (unpaired) electrons. The first kappa shape index (κ1) is 23.2. The summed E-state index contributed by atoms with van der Waals surface area (Å²) in [5, 5.41) is 16.7. The zero-order valence-corrected chi connectivity index (χ0v) is 18.5. The van der Waals surface area contributed by atoms with Crippen molar-refractivity contribution in [2.45, 2.75) is 49.3 Å². The van der Waals surface area contributed by atoms with Crippen LogP contribution in [0.4, 0.5) is 4.39 Å². The standard InChI is InChI=1S/C22H24ClFN4O5/c23-15-2-1-14(9-16(15)24)32-12-18(30)27-21-3-5-22(6-4-21,17(29)10-21)28-19(31)13-33-20-11-25-7-8-26-20/h1-2,7-9,11,17,29H,3-6,10,12-13H2,(H,27,30)(H,28,31)/t17-,21?,22?/m0/s1. The molecule has 11 heteroatoms. The molecule has 2 bridgehead atoms. The first-order valence-corrected chi connectivity index (χ1v) is 10.9. The Hall–Kier alpha value is -2.98. The highest BCUT2D eigenvalue weighted by atomic mass is 35.5. The van der Waals surface area contributed by atoms with Crippen LogP contribution in [0, 0.1) is 5.82 Å². The molecule has 33 heavy (non-hydrogen) atoms. The first-order chi connectivity index (χ1) is 15.8. The van der Waals surface area contributed by atoms with Crippen molar-refractivity contribution in [1.82, 2.24) is 20.6 Å². The lowest BCUT2D eigenvalue weighted by atomic mass is 9.60. The van der Waals surface area contributed by atoms with E-state index in [0.717, 1.165) is 6.07 Å². The number of rotatable bonds is 8. The molecule has 2 amide bonds. The molecule has 1 aromatic heterocycles. The summed E-state index contributed by atoms with van der Waals surface area (Å²) in [6.07, 6.45) is 6.06. The minimum Gasteiger partial charge on any atom is -0.484 e. The molecule has 3 aliphatic carbocycles. The van der Waals surface area contributed by atoms with Gasteiger partial charge in [-0.3, -0.25) is 14.6 Å². The van der Waals surface area contributed by atoms with E-state index in [1.807, 2.05) is 0 Å². The fraction of sp³-hybridized carbons (Fsp3) is 0.455. The van der Waals surface area contributed by atoms with Crippen LogP contribution < -0.4 is 20.1 Å². The van der Waals surface area contributed by atoms with Crippen molar-refractivity contribution in [1.29, 1.82) is 0 Å². The number of amides is 2. The number of nitrogens with one attached hydrogen (secondary N) is 2. The Balaban J connectivity index is 1.28. The van der Waals surface area contributed by atoms with Crippen molar-refractivity contribution in [2.24, 2.45) is 0 Å². The minimum absolute atomic E-state index is 0.0278. The Morgan fingerprint density at radius 3 is 2.52 bits per heavy atom. The molecule has 176 valence electrons. The first-order valence-electron chi connectivity index (χ1n) is 10.6. The topological polar surface area (TPSA) is 123 Å². The smallest absolute Gasteiger partial charge is 0.258 e. The average Bonchev–Trinajstić information content (AvgIpc) is 2.80. The second-order valence-electron chi connectivity index (χ2n) is 8.45. The van der Waals surface area contributed by atoms with Gasteiger partial charge in [-0.25, -0.2) is 9.37 Å². The number of ether oxygens (including phenoxy) is 2. The van der Waals surface area contributed by atoms with Crippen LogP contribution in [-0.4, -0.2) is 57.3 Å². The lowest BCUT2D eigenvalue weighted by molar-refractivity contribution is -0.137. The van der Waals surface area contributed by atoms with E-state index >= 15 is 0 Å². The molecule has 3 aliphatic rings. The lowest BCUT2D eigenvalue weighted by Crippen LogP contribution is -2.70. The third-order valence-corrected chi connectivity index (χ3v) is 6.57. The molecule has 3 fully saturated rings. The molecular weight excluding hydrogens is 455 g/mol. The summed E-state index contributed by atoms with van der Waals surface area (Å²) >= 11 is 5.64. The summed E-state index contributed by atoms with van der Waals surface area (Å²) in [7, 11) is 0. The van der Waals surface area contributed by atoms with Gasteiger partial charge in [0.2, 0.25) is 5.88 Å². The predicted molar refractivity (Wildman–Crippen MR) is 115 cm³/mol. The number of hydrogen-bond acceptors (Lipinski definition) is 7. The summed E-state index contributed by atoms with van der Waals surface area (Å²) in [5.41, 5.74) is -1.33. The molecule has 2 aromatic rings. The van der Waals surface area contributed by atoms with Crippen LogP contribution in [0.25, 0.3) is 0 Å². The van der Waals surface area contributed by atoms with E-state index in [0.29, 0.717) is 32.1 Å². The van der Waals surface area contributed by atoms with Gasteiger partial charge in [0.25, 0.3) is 11.8 Å². The predicted octanol–water partition coefficient (Wildman–Crippen LogP) is 1.78. The van der Waals surface area contributed by atoms with Crippen LogP contribution in [0.5, 0.6) is 11.6 Å². The molecule has 3 N–H and O–H groups in total. The van der Waals surface area contributed by atoms with Crippen LogP contribution >= 0.6 is 11.6 Å². The van der Waals surface area contributed by atoms with Gasteiger partial charge in [-0.1, -0.05) is 11.6 Å². The molecule has 0 aliphatic heterocycles. The van der Waals surface area contributed by atoms with Gasteiger partial charge in [0.1, 0.15) is 11.6 Å². The molecule has 1 atom stereocenters. The fourth-order valence-corrected chi connectivity index (χ4v) is 4.64. The summed E-state index contributed by atoms with van der Waals surface area (Å²) < 4.78 is 24.2. The molecule has 0 spiro atoms. The van der Waals surface area contributed by atoms with Crippen molar-refractivity contribution in [2.75, 3.05) is 13.2 Å². The Morgan fingerprint density at radius 2 is 1.85 bits per heavy atom. The summed E-state index contributed by atoms with van der Waals surface area (Å²) in [6.45, 7) is -0.530. The van der Waals surface area contributed by atoms with Gasteiger partial charge < -0.3 is 25.2 Å². The van der Waals surface area contributed by atoms with E-state index in [-0.39, 0.29) is 41.7 Å². The molecule has 9 nitrogen and oxygen atoms in total. The number of aliphatic hydroxyl groups excluding tert-OH is 1. The molecule has 3 saturated carbocycles. The third kappa shape index (κ3) is 5.33. The maximum Gasteiger partial charge on any atom is 0.258 e. The number of carbonyl (C=O) groups excluding carboxylic acids is 2.